The Bertz CT molecular complexity index is 1270. The van der Waals surface area contributed by atoms with Gasteiger partial charge < -0.3 is 14.8 Å². The molecule has 1 aromatic heterocycles. The molecule has 0 aliphatic rings. The number of anilines is 1. The number of rotatable bonds is 9. The van der Waals surface area contributed by atoms with E-state index in [0.717, 1.165) is 16.9 Å². The van der Waals surface area contributed by atoms with Gasteiger partial charge in [0.1, 0.15) is 23.9 Å². The third kappa shape index (κ3) is 6.14. The number of benzene rings is 3. The highest BCUT2D eigenvalue weighted by Crippen LogP contribution is 2.20. The summed E-state index contributed by atoms with van der Waals surface area (Å²) in [7, 11) is 0. The number of nitrogens with zero attached hydrogens (tertiary/aromatic N) is 2. The Morgan fingerprint density at radius 1 is 1.03 bits per heavy atom. The van der Waals surface area contributed by atoms with Crippen LogP contribution in [-0.2, 0) is 13.2 Å². The zero-order chi connectivity index (χ0) is 23.9. The molecule has 4 aromatic rings. The van der Waals surface area contributed by atoms with Gasteiger partial charge in [0.15, 0.2) is 5.82 Å². The van der Waals surface area contributed by atoms with Crippen LogP contribution in [0.4, 0.5) is 10.2 Å². The van der Waals surface area contributed by atoms with Crippen molar-refractivity contribution in [3.05, 3.63) is 107 Å². The van der Waals surface area contributed by atoms with E-state index in [4.69, 9.17) is 21.1 Å². The molecule has 0 bridgehead atoms. The fraction of sp³-hybridized carbons (Fsp3) is 0.154. The average Bonchev–Trinajstić information content (AvgIpc) is 3.27. The molecular weight excluding hydrogens is 457 g/mol. The van der Waals surface area contributed by atoms with Gasteiger partial charge in [0.25, 0.3) is 5.91 Å². The van der Waals surface area contributed by atoms with Crippen molar-refractivity contribution < 1.29 is 18.7 Å². The second kappa shape index (κ2) is 10.9. The molecule has 1 heterocycles. The van der Waals surface area contributed by atoms with Crippen molar-refractivity contribution in [2.45, 2.75) is 20.1 Å². The van der Waals surface area contributed by atoms with Gasteiger partial charge in [-0.3, -0.25) is 9.48 Å². The molecule has 4 rings (SSSR count). The van der Waals surface area contributed by atoms with E-state index in [1.165, 1.54) is 12.1 Å². The Kier molecular flexibility index (Phi) is 7.44. The van der Waals surface area contributed by atoms with E-state index in [1.807, 2.05) is 37.3 Å². The zero-order valence-corrected chi connectivity index (χ0v) is 19.3. The van der Waals surface area contributed by atoms with Crippen molar-refractivity contribution in [1.29, 1.82) is 0 Å². The van der Waals surface area contributed by atoms with E-state index >= 15 is 0 Å². The minimum atomic E-state index is -0.394. The molecule has 6 nitrogen and oxygen atoms in total. The topological polar surface area (TPSA) is 65.4 Å². The molecule has 8 heteroatoms. The summed E-state index contributed by atoms with van der Waals surface area (Å²) in [6.07, 6.45) is 1.72. The van der Waals surface area contributed by atoms with Crippen molar-refractivity contribution in [3.63, 3.8) is 0 Å². The normalized spacial score (nSPS) is 10.7. The maximum Gasteiger partial charge on any atom is 0.256 e. The third-order valence-corrected chi connectivity index (χ3v) is 5.31. The van der Waals surface area contributed by atoms with Gasteiger partial charge in [-0.05, 0) is 66.6 Å². The highest BCUT2D eigenvalue weighted by molar-refractivity contribution is 6.31. The van der Waals surface area contributed by atoms with Crippen LogP contribution < -0.4 is 14.8 Å². The van der Waals surface area contributed by atoms with Crippen molar-refractivity contribution in [3.8, 4) is 11.5 Å². The predicted molar refractivity (Wildman–Crippen MR) is 129 cm³/mol. The maximum absolute atomic E-state index is 13.2. The van der Waals surface area contributed by atoms with Gasteiger partial charge in [-0.1, -0.05) is 29.8 Å². The third-order valence-electron chi connectivity index (χ3n) is 4.96. The first-order valence-corrected chi connectivity index (χ1v) is 11.1. The van der Waals surface area contributed by atoms with Crippen molar-refractivity contribution in [2.75, 3.05) is 11.9 Å². The van der Waals surface area contributed by atoms with Crippen LogP contribution in [0.2, 0.25) is 5.02 Å². The van der Waals surface area contributed by atoms with E-state index in [2.05, 4.69) is 10.4 Å². The Morgan fingerprint density at radius 3 is 2.53 bits per heavy atom. The SMILES string of the molecule is CCOc1ccc(OCc2cccc(C(=O)Nc3ccn(Cc4ccc(F)cc4Cl)n3)c2)cc1. The average molecular weight is 480 g/mol. The van der Waals surface area contributed by atoms with Crippen LogP contribution in [0, 0.1) is 5.82 Å². The van der Waals surface area contributed by atoms with Gasteiger partial charge in [0.05, 0.1) is 13.2 Å². The Hall–Kier alpha value is -3.84. The van der Waals surface area contributed by atoms with Gasteiger partial charge in [0, 0.05) is 22.8 Å². The van der Waals surface area contributed by atoms with Crippen LogP contribution in [-0.4, -0.2) is 22.3 Å². The summed E-state index contributed by atoms with van der Waals surface area (Å²) in [4.78, 5) is 12.7. The van der Waals surface area contributed by atoms with Crippen LogP contribution in [0.3, 0.4) is 0 Å². The number of amides is 1. The fourth-order valence-electron chi connectivity index (χ4n) is 3.30. The minimum Gasteiger partial charge on any atom is -0.494 e. The molecule has 0 spiro atoms. The highest BCUT2D eigenvalue weighted by Gasteiger charge is 2.10. The predicted octanol–water partition coefficient (Wildman–Crippen LogP) is 5.95. The summed E-state index contributed by atoms with van der Waals surface area (Å²) in [5, 5.41) is 7.46. The molecule has 1 amide bonds. The number of hydrogen-bond acceptors (Lipinski definition) is 4. The maximum atomic E-state index is 13.2. The van der Waals surface area contributed by atoms with Gasteiger partial charge in [-0.2, -0.15) is 5.10 Å². The zero-order valence-electron chi connectivity index (χ0n) is 18.5. The molecule has 0 unspecified atom stereocenters. The van der Waals surface area contributed by atoms with E-state index in [9.17, 15) is 9.18 Å². The Labute approximate surface area is 201 Å². The van der Waals surface area contributed by atoms with E-state index in [-0.39, 0.29) is 5.91 Å². The Morgan fingerprint density at radius 2 is 1.79 bits per heavy atom. The molecule has 0 atom stereocenters. The first-order valence-electron chi connectivity index (χ1n) is 10.7. The minimum absolute atomic E-state index is 0.284. The summed E-state index contributed by atoms with van der Waals surface area (Å²) in [6, 6.07) is 20.5. The molecule has 0 aliphatic carbocycles. The van der Waals surface area contributed by atoms with E-state index < -0.39 is 5.82 Å². The van der Waals surface area contributed by atoms with Crippen molar-refractivity contribution >= 4 is 23.3 Å². The van der Waals surface area contributed by atoms with Crippen LogP contribution in [0.5, 0.6) is 11.5 Å². The van der Waals surface area contributed by atoms with Crippen molar-refractivity contribution in [1.82, 2.24) is 9.78 Å². The fourth-order valence-corrected chi connectivity index (χ4v) is 3.52. The number of carbonyl (C=O) groups excluding carboxylic acids is 1. The number of aromatic nitrogens is 2. The molecule has 0 radical (unpaired) electrons. The number of nitrogens with one attached hydrogen (secondary N) is 1. The lowest BCUT2D eigenvalue weighted by Gasteiger charge is -2.09. The van der Waals surface area contributed by atoms with E-state index in [0.29, 0.717) is 41.9 Å². The largest absolute Gasteiger partial charge is 0.494 e. The van der Waals surface area contributed by atoms with Gasteiger partial charge in [0.2, 0.25) is 0 Å². The smallest absolute Gasteiger partial charge is 0.256 e. The highest BCUT2D eigenvalue weighted by atomic mass is 35.5. The summed E-state index contributed by atoms with van der Waals surface area (Å²) >= 11 is 6.08. The molecule has 0 aliphatic heterocycles. The first kappa shape index (κ1) is 23.3. The van der Waals surface area contributed by atoms with Crippen LogP contribution in [0.25, 0.3) is 0 Å². The number of ether oxygens (including phenoxy) is 2. The van der Waals surface area contributed by atoms with Crippen molar-refractivity contribution in [2.24, 2.45) is 0 Å². The summed E-state index contributed by atoms with van der Waals surface area (Å²) in [5.74, 6) is 1.23. The van der Waals surface area contributed by atoms with E-state index in [1.54, 1.807) is 41.2 Å². The van der Waals surface area contributed by atoms with Crippen LogP contribution >= 0.6 is 11.6 Å². The quantitative estimate of drug-likeness (QED) is 0.322. The summed E-state index contributed by atoms with van der Waals surface area (Å²) < 4.78 is 26.1. The first-order chi connectivity index (χ1) is 16.5. The lowest BCUT2D eigenvalue weighted by molar-refractivity contribution is 0.102. The van der Waals surface area contributed by atoms with Crippen LogP contribution in [0.15, 0.2) is 79.0 Å². The summed E-state index contributed by atoms with van der Waals surface area (Å²) in [6.45, 7) is 3.22. The molecule has 0 saturated heterocycles. The lowest BCUT2D eigenvalue weighted by atomic mass is 10.1. The van der Waals surface area contributed by atoms with Crippen LogP contribution in [0.1, 0.15) is 28.4 Å². The monoisotopic (exact) mass is 479 g/mol. The lowest BCUT2D eigenvalue weighted by Crippen LogP contribution is -2.13. The van der Waals surface area contributed by atoms with Gasteiger partial charge in [-0.15, -0.1) is 0 Å². The summed E-state index contributed by atoms with van der Waals surface area (Å²) in [5.41, 5.74) is 2.08. The molecule has 0 fully saturated rings. The second-order valence-corrected chi connectivity index (χ2v) is 7.89. The standard InChI is InChI=1S/C26H23ClFN3O3/c1-2-33-22-8-10-23(11-9-22)34-17-18-4-3-5-19(14-18)26(32)29-25-12-13-31(30-25)16-20-6-7-21(28)15-24(20)27/h3-15H,2,16-17H2,1H3,(H,29,30,32). The number of hydrogen-bond donors (Lipinski definition) is 1. The molecule has 1 N–H and O–H groups in total. The second-order valence-electron chi connectivity index (χ2n) is 7.48. The molecule has 0 saturated carbocycles. The molecule has 3 aromatic carbocycles. The number of halogens is 2. The number of carbonyl (C=O) groups is 1. The van der Waals surface area contributed by atoms with Gasteiger partial charge >= 0.3 is 0 Å². The Balaban J connectivity index is 1.35. The van der Waals surface area contributed by atoms with Gasteiger partial charge in [-0.25, -0.2) is 4.39 Å². The molecule has 174 valence electrons. The molecular formula is C26H23ClFN3O3. The molecule has 34 heavy (non-hydrogen) atoms.